The zero-order valence-electron chi connectivity index (χ0n) is 7.03. The molecule has 2 atom stereocenters. The van der Waals surface area contributed by atoms with Gasteiger partial charge in [-0.3, -0.25) is 4.79 Å². The standard InChI is InChI=1S/C9H12O3/c1-12-9(11)8-5-3-2-4-7(8)6-10/h2-3,6-8H,4-5H2,1H3. The number of rotatable bonds is 2. The van der Waals surface area contributed by atoms with E-state index in [1.807, 2.05) is 12.2 Å². The van der Waals surface area contributed by atoms with E-state index in [1.54, 1.807) is 0 Å². The molecule has 0 N–H and O–H groups in total. The van der Waals surface area contributed by atoms with E-state index in [0.717, 1.165) is 6.29 Å². The first-order chi connectivity index (χ1) is 5.79. The van der Waals surface area contributed by atoms with E-state index in [4.69, 9.17) is 0 Å². The van der Waals surface area contributed by atoms with Crippen LogP contribution in [0, 0.1) is 11.8 Å². The van der Waals surface area contributed by atoms with Crippen molar-refractivity contribution in [1.82, 2.24) is 0 Å². The van der Waals surface area contributed by atoms with Crippen LogP contribution in [0.3, 0.4) is 0 Å². The Morgan fingerprint density at radius 1 is 1.50 bits per heavy atom. The average molecular weight is 168 g/mol. The van der Waals surface area contributed by atoms with Crippen LogP contribution in [0.25, 0.3) is 0 Å². The third kappa shape index (κ3) is 1.72. The number of methoxy groups -OCH3 is 1. The minimum atomic E-state index is -0.281. The number of hydrogen-bond acceptors (Lipinski definition) is 3. The number of aldehydes is 1. The second-order valence-corrected chi connectivity index (χ2v) is 2.87. The van der Waals surface area contributed by atoms with Gasteiger partial charge in [0.25, 0.3) is 0 Å². The summed E-state index contributed by atoms with van der Waals surface area (Å²) >= 11 is 0. The van der Waals surface area contributed by atoms with Crippen molar-refractivity contribution in [3.63, 3.8) is 0 Å². The highest BCUT2D eigenvalue weighted by Crippen LogP contribution is 2.24. The first-order valence-corrected chi connectivity index (χ1v) is 3.97. The highest BCUT2D eigenvalue weighted by atomic mass is 16.5. The van der Waals surface area contributed by atoms with Gasteiger partial charge in [-0.1, -0.05) is 12.2 Å². The first-order valence-electron chi connectivity index (χ1n) is 3.97. The van der Waals surface area contributed by atoms with Crippen LogP contribution in [-0.2, 0) is 14.3 Å². The molecular formula is C9H12O3. The molecule has 66 valence electrons. The van der Waals surface area contributed by atoms with Crippen molar-refractivity contribution in [2.24, 2.45) is 11.8 Å². The number of carbonyl (C=O) groups excluding carboxylic acids is 2. The van der Waals surface area contributed by atoms with Crippen LogP contribution in [0.1, 0.15) is 12.8 Å². The summed E-state index contributed by atoms with van der Waals surface area (Å²) in [5, 5.41) is 0. The predicted octanol–water partition coefficient (Wildman–Crippen LogP) is 0.941. The third-order valence-corrected chi connectivity index (χ3v) is 2.16. The molecule has 0 saturated heterocycles. The molecule has 1 aliphatic rings. The van der Waals surface area contributed by atoms with E-state index in [2.05, 4.69) is 4.74 Å². The molecule has 0 aromatic rings. The quantitative estimate of drug-likeness (QED) is 0.350. The van der Waals surface area contributed by atoms with Crippen LogP contribution in [0.5, 0.6) is 0 Å². The van der Waals surface area contributed by atoms with Crippen molar-refractivity contribution in [2.45, 2.75) is 12.8 Å². The van der Waals surface area contributed by atoms with Gasteiger partial charge in [-0.05, 0) is 12.8 Å². The minimum Gasteiger partial charge on any atom is -0.469 e. The van der Waals surface area contributed by atoms with Crippen LogP contribution in [-0.4, -0.2) is 19.4 Å². The van der Waals surface area contributed by atoms with Crippen LogP contribution in [0.2, 0.25) is 0 Å². The SMILES string of the molecule is COC(=O)C1CC=CCC1C=O. The summed E-state index contributed by atoms with van der Waals surface area (Å²) in [6, 6.07) is 0. The van der Waals surface area contributed by atoms with Gasteiger partial charge in [-0.15, -0.1) is 0 Å². The van der Waals surface area contributed by atoms with Crippen LogP contribution >= 0.6 is 0 Å². The molecule has 0 radical (unpaired) electrons. The molecule has 1 rings (SSSR count). The smallest absolute Gasteiger partial charge is 0.309 e. The van der Waals surface area contributed by atoms with Crippen molar-refractivity contribution in [2.75, 3.05) is 7.11 Å². The Kier molecular flexibility index (Phi) is 3.02. The molecule has 0 amide bonds. The van der Waals surface area contributed by atoms with E-state index in [-0.39, 0.29) is 17.8 Å². The summed E-state index contributed by atoms with van der Waals surface area (Å²) in [5.41, 5.74) is 0. The summed E-state index contributed by atoms with van der Waals surface area (Å²) in [6.07, 6.45) is 5.96. The maximum absolute atomic E-state index is 11.1. The molecule has 2 unspecified atom stereocenters. The number of carbonyl (C=O) groups is 2. The molecule has 3 nitrogen and oxygen atoms in total. The van der Waals surface area contributed by atoms with Crippen LogP contribution < -0.4 is 0 Å². The molecule has 0 bridgehead atoms. The number of hydrogen-bond donors (Lipinski definition) is 0. The Labute approximate surface area is 71.4 Å². The lowest BCUT2D eigenvalue weighted by molar-refractivity contribution is -0.148. The zero-order chi connectivity index (χ0) is 8.97. The molecule has 0 aromatic carbocycles. The molecule has 0 aliphatic heterocycles. The molecule has 0 aromatic heterocycles. The van der Waals surface area contributed by atoms with Crippen LogP contribution in [0.4, 0.5) is 0 Å². The van der Waals surface area contributed by atoms with E-state index in [0.29, 0.717) is 12.8 Å². The number of esters is 1. The normalized spacial score (nSPS) is 28.1. The molecule has 12 heavy (non-hydrogen) atoms. The monoisotopic (exact) mass is 168 g/mol. The average Bonchev–Trinajstić information content (AvgIpc) is 2.16. The molecule has 0 fully saturated rings. The minimum absolute atomic E-state index is 0.192. The fourth-order valence-corrected chi connectivity index (χ4v) is 1.41. The molecule has 1 aliphatic carbocycles. The van der Waals surface area contributed by atoms with Crippen LogP contribution in [0.15, 0.2) is 12.2 Å². The van der Waals surface area contributed by atoms with Gasteiger partial charge in [-0.2, -0.15) is 0 Å². The molecule has 0 saturated carbocycles. The summed E-state index contributed by atoms with van der Waals surface area (Å²) in [6.45, 7) is 0. The zero-order valence-corrected chi connectivity index (χ0v) is 7.03. The maximum atomic E-state index is 11.1. The fraction of sp³-hybridized carbons (Fsp3) is 0.556. The van der Waals surface area contributed by atoms with Gasteiger partial charge in [0.05, 0.1) is 13.0 Å². The van der Waals surface area contributed by atoms with E-state index >= 15 is 0 Å². The third-order valence-electron chi connectivity index (χ3n) is 2.16. The Hall–Kier alpha value is -1.12. The second-order valence-electron chi connectivity index (χ2n) is 2.87. The largest absolute Gasteiger partial charge is 0.469 e. The van der Waals surface area contributed by atoms with Gasteiger partial charge in [-0.25, -0.2) is 0 Å². The van der Waals surface area contributed by atoms with Crippen molar-refractivity contribution in [1.29, 1.82) is 0 Å². The maximum Gasteiger partial charge on any atom is 0.309 e. The van der Waals surface area contributed by atoms with Gasteiger partial charge in [0.2, 0.25) is 0 Å². The van der Waals surface area contributed by atoms with E-state index < -0.39 is 0 Å². The lowest BCUT2D eigenvalue weighted by Crippen LogP contribution is -2.27. The summed E-state index contributed by atoms with van der Waals surface area (Å²) < 4.78 is 4.59. The molecule has 0 heterocycles. The van der Waals surface area contributed by atoms with Gasteiger partial charge in [0.1, 0.15) is 6.29 Å². The first kappa shape index (κ1) is 8.97. The topological polar surface area (TPSA) is 43.4 Å². The van der Waals surface area contributed by atoms with Crippen molar-refractivity contribution < 1.29 is 14.3 Å². The number of ether oxygens (including phenoxy) is 1. The Morgan fingerprint density at radius 3 is 2.75 bits per heavy atom. The van der Waals surface area contributed by atoms with Gasteiger partial charge < -0.3 is 9.53 Å². The molecule has 0 spiro atoms. The molecule has 3 heteroatoms. The van der Waals surface area contributed by atoms with Gasteiger partial charge in [0.15, 0.2) is 0 Å². The highest BCUT2D eigenvalue weighted by Gasteiger charge is 2.28. The van der Waals surface area contributed by atoms with E-state index in [1.165, 1.54) is 7.11 Å². The van der Waals surface area contributed by atoms with E-state index in [9.17, 15) is 9.59 Å². The molecular weight excluding hydrogens is 156 g/mol. The van der Waals surface area contributed by atoms with Crippen molar-refractivity contribution in [3.05, 3.63) is 12.2 Å². The lowest BCUT2D eigenvalue weighted by atomic mass is 9.84. The lowest BCUT2D eigenvalue weighted by Gasteiger charge is -2.21. The Bertz CT molecular complexity index is 208. The summed E-state index contributed by atoms with van der Waals surface area (Å²) in [7, 11) is 1.35. The highest BCUT2D eigenvalue weighted by molar-refractivity contribution is 5.77. The van der Waals surface area contributed by atoms with Gasteiger partial charge >= 0.3 is 5.97 Å². The second kappa shape index (κ2) is 4.04. The summed E-state index contributed by atoms with van der Waals surface area (Å²) in [5.74, 6) is -0.739. The Morgan fingerprint density at radius 2 is 2.17 bits per heavy atom. The fourth-order valence-electron chi connectivity index (χ4n) is 1.41. The number of allylic oxidation sites excluding steroid dienone is 2. The van der Waals surface area contributed by atoms with Crippen molar-refractivity contribution >= 4 is 12.3 Å². The van der Waals surface area contributed by atoms with Gasteiger partial charge in [0, 0.05) is 5.92 Å². The van der Waals surface area contributed by atoms with Crippen molar-refractivity contribution in [3.8, 4) is 0 Å². The summed E-state index contributed by atoms with van der Waals surface area (Å²) in [4.78, 5) is 21.7. The predicted molar refractivity (Wildman–Crippen MR) is 43.4 cm³/mol. The Balaban J connectivity index is 2.66.